The van der Waals surface area contributed by atoms with Crippen LogP contribution in [-0.2, 0) is 9.59 Å². The number of benzene rings is 1. The quantitative estimate of drug-likeness (QED) is 0.882. The van der Waals surface area contributed by atoms with Crippen molar-refractivity contribution in [2.24, 2.45) is 5.41 Å². The number of anilines is 1. The number of carboxylic acid groups (broad SMARTS) is 1. The topological polar surface area (TPSA) is 99.8 Å². The summed E-state index contributed by atoms with van der Waals surface area (Å²) < 4.78 is 5.43. The lowest BCUT2D eigenvalue weighted by Crippen LogP contribution is -2.42. The van der Waals surface area contributed by atoms with Crippen LogP contribution in [0, 0.1) is 5.41 Å². The largest absolute Gasteiger partial charge is 0.480 e. The molecule has 2 saturated heterocycles. The van der Waals surface area contributed by atoms with Crippen molar-refractivity contribution in [2.75, 3.05) is 24.5 Å². The Morgan fingerprint density at radius 2 is 1.93 bits per heavy atom. The molecule has 0 bridgehead atoms. The Morgan fingerprint density at radius 3 is 2.52 bits per heavy atom. The van der Waals surface area contributed by atoms with E-state index < -0.39 is 12.0 Å². The van der Waals surface area contributed by atoms with Crippen LogP contribution in [0.15, 0.2) is 34.9 Å². The highest BCUT2D eigenvalue weighted by Gasteiger charge is 2.49. The number of carbonyl (C=O) groups excluding carboxylic acids is 1. The number of nitrogens with zero attached hydrogens (tertiary/aromatic N) is 4. The average molecular weight is 370 g/mol. The number of aliphatic carboxylic acids is 1. The van der Waals surface area contributed by atoms with Gasteiger partial charge in [0, 0.05) is 32.1 Å². The Morgan fingerprint density at radius 1 is 1.22 bits per heavy atom. The highest BCUT2D eigenvalue weighted by atomic mass is 16.5. The number of rotatable bonds is 3. The maximum atomic E-state index is 11.8. The first-order chi connectivity index (χ1) is 13.0. The van der Waals surface area contributed by atoms with Crippen molar-refractivity contribution in [3.05, 3.63) is 30.3 Å². The van der Waals surface area contributed by atoms with E-state index in [1.165, 1.54) is 11.8 Å². The van der Waals surface area contributed by atoms with Gasteiger partial charge in [-0.1, -0.05) is 35.5 Å². The molecule has 1 aromatic carbocycles. The van der Waals surface area contributed by atoms with E-state index >= 15 is 0 Å². The van der Waals surface area contributed by atoms with Gasteiger partial charge in [-0.2, -0.15) is 4.98 Å². The molecule has 27 heavy (non-hydrogen) atoms. The molecule has 0 radical (unpaired) electrons. The van der Waals surface area contributed by atoms with Crippen molar-refractivity contribution in [2.45, 2.75) is 32.2 Å². The van der Waals surface area contributed by atoms with E-state index in [-0.39, 0.29) is 11.3 Å². The van der Waals surface area contributed by atoms with Crippen molar-refractivity contribution in [3.63, 3.8) is 0 Å². The van der Waals surface area contributed by atoms with Gasteiger partial charge in [-0.3, -0.25) is 4.79 Å². The third kappa shape index (κ3) is 3.27. The highest BCUT2D eigenvalue weighted by Crippen LogP contribution is 2.44. The fourth-order valence-corrected chi connectivity index (χ4v) is 4.19. The summed E-state index contributed by atoms with van der Waals surface area (Å²) in [5.74, 6) is -0.541. The second-order valence-electron chi connectivity index (χ2n) is 7.46. The van der Waals surface area contributed by atoms with Gasteiger partial charge in [0.25, 0.3) is 0 Å². The first kappa shape index (κ1) is 17.5. The first-order valence-electron chi connectivity index (χ1n) is 9.12. The van der Waals surface area contributed by atoms with Gasteiger partial charge in [0.1, 0.15) is 6.04 Å². The van der Waals surface area contributed by atoms with Crippen molar-refractivity contribution < 1.29 is 19.2 Å². The molecule has 3 heterocycles. The number of aromatic nitrogens is 2. The Balaban J connectivity index is 1.44. The summed E-state index contributed by atoms with van der Waals surface area (Å²) in [7, 11) is 0. The van der Waals surface area contributed by atoms with Gasteiger partial charge in [-0.05, 0) is 24.7 Å². The number of piperidine rings is 1. The van der Waals surface area contributed by atoms with Gasteiger partial charge < -0.3 is 19.4 Å². The molecule has 2 aliphatic rings. The maximum absolute atomic E-state index is 11.8. The van der Waals surface area contributed by atoms with Gasteiger partial charge in [-0.25, -0.2) is 4.79 Å². The fraction of sp³-hybridized carbons (Fsp3) is 0.474. The molecule has 1 atom stereocenters. The standard InChI is InChI=1S/C19H22N4O4/c1-13(24)23-12-19(11-15(23)17(25)26)7-9-22(10-8-19)18-20-16(21-27-18)14-5-3-2-4-6-14/h2-6,15H,7-12H2,1H3,(H,25,26)/t15-/m1/s1. The van der Waals surface area contributed by atoms with Crippen LogP contribution in [0.3, 0.4) is 0 Å². The van der Waals surface area contributed by atoms with Crippen molar-refractivity contribution in [1.29, 1.82) is 0 Å². The molecular weight excluding hydrogens is 348 g/mol. The lowest BCUT2D eigenvalue weighted by molar-refractivity contribution is -0.147. The minimum atomic E-state index is -0.922. The normalized spacial score (nSPS) is 21.6. The van der Waals surface area contributed by atoms with Gasteiger partial charge in [0.2, 0.25) is 11.7 Å². The van der Waals surface area contributed by atoms with Crippen molar-refractivity contribution >= 4 is 17.9 Å². The van der Waals surface area contributed by atoms with Gasteiger partial charge in [-0.15, -0.1) is 0 Å². The van der Waals surface area contributed by atoms with Crippen LogP contribution in [0.4, 0.5) is 6.01 Å². The van der Waals surface area contributed by atoms with Crippen LogP contribution in [0.25, 0.3) is 11.4 Å². The Labute approximate surface area is 156 Å². The van der Waals surface area contributed by atoms with Crippen LogP contribution in [-0.4, -0.2) is 57.7 Å². The van der Waals surface area contributed by atoms with E-state index in [1.807, 2.05) is 35.2 Å². The Hall–Kier alpha value is -2.90. The highest BCUT2D eigenvalue weighted by molar-refractivity contribution is 5.83. The maximum Gasteiger partial charge on any atom is 0.326 e. The summed E-state index contributed by atoms with van der Waals surface area (Å²) in [5, 5.41) is 13.5. The number of carbonyl (C=O) groups is 2. The number of hydrogen-bond acceptors (Lipinski definition) is 6. The van der Waals surface area contributed by atoms with E-state index in [0.29, 0.717) is 37.9 Å². The Kier molecular flexibility index (Phi) is 4.33. The molecule has 1 N–H and O–H groups in total. The predicted molar refractivity (Wildman–Crippen MR) is 97.0 cm³/mol. The molecule has 2 fully saturated rings. The molecule has 2 aromatic rings. The summed E-state index contributed by atoms with van der Waals surface area (Å²) in [6, 6.07) is 9.42. The monoisotopic (exact) mass is 370 g/mol. The summed E-state index contributed by atoms with van der Waals surface area (Å²) in [6.07, 6.45) is 2.10. The van der Waals surface area contributed by atoms with Gasteiger partial charge in [0.05, 0.1) is 0 Å². The lowest BCUT2D eigenvalue weighted by Gasteiger charge is -2.38. The van der Waals surface area contributed by atoms with Gasteiger partial charge in [0.15, 0.2) is 0 Å². The van der Waals surface area contributed by atoms with E-state index in [9.17, 15) is 14.7 Å². The molecule has 0 unspecified atom stereocenters. The van der Waals surface area contributed by atoms with E-state index in [2.05, 4.69) is 10.1 Å². The second kappa shape index (κ2) is 6.68. The summed E-state index contributed by atoms with van der Waals surface area (Å²) in [4.78, 5) is 31.4. The average Bonchev–Trinajstić information content (AvgIpc) is 3.29. The first-order valence-corrected chi connectivity index (χ1v) is 9.12. The molecule has 8 nitrogen and oxygen atoms in total. The molecular formula is C19H22N4O4. The molecule has 142 valence electrons. The molecule has 0 saturated carbocycles. The Bertz CT molecular complexity index is 818. The van der Waals surface area contributed by atoms with Crippen LogP contribution < -0.4 is 4.90 Å². The zero-order valence-electron chi connectivity index (χ0n) is 15.2. The zero-order valence-corrected chi connectivity index (χ0v) is 15.2. The number of carboxylic acids is 1. The molecule has 4 rings (SSSR count). The zero-order chi connectivity index (χ0) is 19.0. The molecule has 1 spiro atoms. The molecule has 1 amide bonds. The third-order valence-corrected chi connectivity index (χ3v) is 5.74. The number of hydrogen-bond donors (Lipinski definition) is 1. The minimum Gasteiger partial charge on any atom is -0.480 e. The third-order valence-electron chi connectivity index (χ3n) is 5.74. The fourth-order valence-electron chi connectivity index (χ4n) is 4.19. The molecule has 0 aliphatic carbocycles. The van der Waals surface area contributed by atoms with Crippen LogP contribution in [0.2, 0.25) is 0 Å². The van der Waals surface area contributed by atoms with E-state index in [0.717, 1.165) is 18.4 Å². The van der Waals surface area contributed by atoms with E-state index in [1.54, 1.807) is 0 Å². The van der Waals surface area contributed by atoms with Crippen molar-refractivity contribution in [1.82, 2.24) is 15.0 Å². The van der Waals surface area contributed by atoms with Crippen LogP contribution in [0.5, 0.6) is 0 Å². The smallest absolute Gasteiger partial charge is 0.326 e. The second-order valence-corrected chi connectivity index (χ2v) is 7.46. The summed E-state index contributed by atoms with van der Waals surface area (Å²) in [6.45, 7) is 3.35. The SMILES string of the molecule is CC(=O)N1CC2(CCN(c3nc(-c4ccccc4)no3)CC2)C[C@@H]1C(=O)O. The molecule has 2 aliphatic heterocycles. The molecule has 8 heteroatoms. The van der Waals surface area contributed by atoms with Crippen molar-refractivity contribution in [3.8, 4) is 11.4 Å². The minimum absolute atomic E-state index is 0.145. The van der Waals surface area contributed by atoms with Crippen LogP contribution >= 0.6 is 0 Å². The molecule has 1 aromatic heterocycles. The number of likely N-dealkylation sites (tertiary alicyclic amines) is 1. The predicted octanol–water partition coefficient (Wildman–Crippen LogP) is 2.03. The number of amides is 1. The van der Waals surface area contributed by atoms with Crippen LogP contribution in [0.1, 0.15) is 26.2 Å². The summed E-state index contributed by atoms with van der Waals surface area (Å²) in [5.41, 5.74) is 0.756. The summed E-state index contributed by atoms with van der Waals surface area (Å²) >= 11 is 0. The lowest BCUT2D eigenvalue weighted by atomic mass is 9.76. The van der Waals surface area contributed by atoms with Gasteiger partial charge >= 0.3 is 12.0 Å². The van der Waals surface area contributed by atoms with E-state index in [4.69, 9.17) is 4.52 Å².